The first-order valence-electron chi connectivity index (χ1n) is 7.71. The SMILES string of the molecule is COc1ccc(/C=C2\CCn3c2nc2cc(Cl)ccc2c3=O)cc1. The molecule has 1 aliphatic rings. The molecule has 0 radical (unpaired) electrons. The molecule has 5 heteroatoms. The highest BCUT2D eigenvalue weighted by Crippen LogP contribution is 2.28. The number of hydrogen-bond acceptors (Lipinski definition) is 3. The molecule has 120 valence electrons. The van der Waals surface area contributed by atoms with Crippen LogP contribution in [-0.2, 0) is 6.54 Å². The summed E-state index contributed by atoms with van der Waals surface area (Å²) < 4.78 is 6.92. The molecule has 0 aliphatic carbocycles. The third kappa shape index (κ3) is 2.49. The average Bonchev–Trinajstić information content (AvgIpc) is 2.98. The molecular formula is C19H15ClN2O2. The molecule has 0 spiro atoms. The van der Waals surface area contributed by atoms with Crippen molar-refractivity contribution in [3.8, 4) is 5.75 Å². The van der Waals surface area contributed by atoms with E-state index in [9.17, 15) is 4.79 Å². The number of benzene rings is 2. The summed E-state index contributed by atoms with van der Waals surface area (Å²) in [6.07, 6.45) is 2.86. The molecule has 0 bridgehead atoms. The van der Waals surface area contributed by atoms with Gasteiger partial charge in [-0.25, -0.2) is 4.98 Å². The average molecular weight is 339 g/mol. The number of ether oxygens (including phenoxy) is 1. The molecule has 0 atom stereocenters. The molecule has 0 N–H and O–H groups in total. The fourth-order valence-corrected chi connectivity index (χ4v) is 3.20. The van der Waals surface area contributed by atoms with Crippen molar-refractivity contribution in [2.45, 2.75) is 13.0 Å². The van der Waals surface area contributed by atoms with Gasteiger partial charge in [-0.15, -0.1) is 0 Å². The molecule has 1 aromatic heterocycles. The fraction of sp³-hybridized carbons (Fsp3) is 0.158. The number of allylic oxidation sites excluding steroid dienone is 1. The molecule has 3 aromatic rings. The van der Waals surface area contributed by atoms with E-state index in [1.54, 1.807) is 29.9 Å². The van der Waals surface area contributed by atoms with Crippen LogP contribution in [0.1, 0.15) is 17.8 Å². The first-order valence-corrected chi connectivity index (χ1v) is 8.08. The van der Waals surface area contributed by atoms with Crippen LogP contribution in [0.5, 0.6) is 5.75 Å². The van der Waals surface area contributed by atoms with Gasteiger partial charge >= 0.3 is 0 Å². The summed E-state index contributed by atoms with van der Waals surface area (Å²) >= 11 is 6.04. The number of fused-ring (bicyclic) bond motifs is 2. The Morgan fingerprint density at radius 2 is 2.00 bits per heavy atom. The molecule has 2 heterocycles. The largest absolute Gasteiger partial charge is 0.497 e. The van der Waals surface area contributed by atoms with Gasteiger partial charge in [0.2, 0.25) is 0 Å². The van der Waals surface area contributed by atoms with Gasteiger partial charge in [-0.2, -0.15) is 0 Å². The Bertz CT molecular complexity index is 1020. The van der Waals surface area contributed by atoms with E-state index in [4.69, 9.17) is 16.3 Å². The number of nitrogens with zero attached hydrogens (tertiary/aromatic N) is 2. The Kier molecular flexibility index (Phi) is 3.62. The zero-order chi connectivity index (χ0) is 16.7. The Balaban J connectivity index is 1.84. The minimum Gasteiger partial charge on any atom is -0.497 e. The van der Waals surface area contributed by atoms with Gasteiger partial charge in [0.25, 0.3) is 5.56 Å². The van der Waals surface area contributed by atoms with Crippen molar-refractivity contribution in [2.24, 2.45) is 0 Å². The molecule has 0 saturated carbocycles. The molecule has 0 fully saturated rings. The lowest BCUT2D eigenvalue weighted by molar-refractivity contribution is 0.415. The van der Waals surface area contributed by atoms with E-state index in [1.807, 2.05) is 24.3 Å². The number of aromatic nitrogens is 2. The first kappa shape index (κ1) is 15.0. The number of rotatable bonds is 2. The lowest BCUT2D eigenvalue weighted by atomic mass is 10.1. The monoisotopic (exact) mass is 338 g/mol. The third-order valence-corrected chi connectivity index (χ3v) is 4.50. The van der Waals surface area contributed by atoms with Crippen LogP contribution in [0.15, 0.2) is 47.3 Å². The third-order valence-electron chi connectivity index (χ3n) is 4.27. The van der Waals surface area contributed by atoms with Crippen LogP contribution in [-0.4, -0.2) is 16.7 Å². The highest BCUT2D eigenvalue weighted by atomic mass is 35.5. The molecule has 1 aliphatic heterocycles. The van der Waals surface area contributed by atoms with Gasteiger partial charge in [0, 0.05) is 11.6 Å². The van der Waals surface area contributed by atoms with Gasteiger partial charge in [-0.1, -0.05) is 23.7 Å². The summed E-state index contributed by atoms with van der Waals surface area (Å²) in [4.78, 5) is 17.3. The predicted octanol–water partition coefficient (Wildman–Crippen LogP) is 4.00. The number of hydrogen-bond donors (Lipinski definition) is 0. The molecule has 2 aromatic carbocycles. The van der Waals surface area contributed by atoms with E-state index in [1.165, 1.54) is 0 Å². The van der Waals surface area contributed by atoms with Gasteiger partial charge < -0.3 is 4.74 Å². The van der Waals surface area contributed by atoms with Crippen LogP contribution < -0.4 is 10.3 Å². The van der Waals surface area contributed by atoms with Crippen molar-refractivity contribution in [3.05, 3.63) is 69.2 Å². The Labute approximate surface area is 144 Å². The second kappa shape index (κ2) is 5.80. The van der Waals surface area contributed by atoms with Crippen LogP contribution in [0.25, 0.3) is 22.6 Å². The summed E-state index contributed by atoms with van der Waals surface area (Å²) in [6, 6.07) is 13.0. The van der Waals surface area contributed by atoms with Crippen molar-refractivity contribution in [1.29, 1.82) is 0 Å². The molecule has 4 nitrogen and oxygen atoms in total. The van der Waals surface area contributed by atoms with Crippen LogP contribution in [0, 0.1) is 0 Å². The van der Waals surface area contributed by atoms with Gasteiger partial charge in [-0.3, -0.25) is 9.36 Å². The Morgan fingerprint density at radius 1 is 1.21 bits per heavy atom. The topological polar surface area (TPSA) is 44.1 Å². The number of halogens is 1. The minimum absolute atomic E-state index is 0.00945. The molecule has 0 saturated heterocycles. The first-order chi connectivity index (χ1) is 11.7. The van der Waals surface area contributed by atoms with Crippen LogP contribution in [0.4, 0.5) is 0 Å². The van der Waals surface area contributed by atoms with E-state index in [-0.39, 0.29) is 5.56 Å². The van der Waals surface area contributed by atoms with Crippen molar-refractivity contribution in [2.75, 3.05) is 7.11 Å². The molecule has 24 heavy (non-hydrogen) atoms. The normalized spacial score (nSPS) is 15.0. The second-order valence-electron chi connectivity index (χ2n) is 5.75. The standard InChI is InChI=1S/C19H15ClN2O2/c1-24-15-5-2-12(3-6-15)10-13-8-9-22-18(13)21-17-11-14(20)4-7-16(17)19(22)23/h2-7,10-11H,8-9H2,1H3/b13-10+. The van der Waals surface area contributed by atoms with E-state index >= 15 is 0 Å². The lowest BCUT2D eigenvalue weighted by Gasteiger charge is -2.06. The quantitative estimate of drug-likeness (QED) is 0.709. The summed E-state index contributed by atoms with van der Waals surface area (Å²) in [5.41, 5.74) is 2.74. The van der Waals surface area contributed by atoms with Gasteiger partial charge in [0.15, 0.2) is 0 Å². The summed E-state index contributed by atoms with van der Waals surface area (Å²) in [7, 11) is 1.65. The zero-order valence-corrected chi connectivity index (χ0v) is 13.9. The van der Waals surface area contributed by atoms with Crippen molar-refractivity contribution < 1.29 is 4.74 Å². The maximum absolute atomic E-state index is 12.6. The molecular weight excluding hydrogens is 324 g/mol. The summed E-state index contributed by atoms with van der Waals surface area (Å²) in [5.74, 6) is 1.55. The maximum Gasteiger partial charge on any atom is 0.261 e. The van der Waals surface area contributed by atoms with E-state index in [0.717, 1.165) is 29.1 Å². The van der Waals surface area contributed by atoms with Gasteiger partial charge in [0.05, 0.1) is 18.0 Å². The zero-order valence-electron chi connectivity index (χ0n) is 13.1. The highest BCUT2D eigenvalue weighted by molar-refractivity contribution is 6.31. The Hall–Kier alpha value is -2.59. The molecule has 0 unspecified atom stereocenters. The molecule has 4 rings (SSSR count). The maximum atomic E-state index is 12.6. The van der Waals surface area contributed by atoms with E-state index < -0.39 is 0 Å². The minimum atomic E-state index is -0.00945. The van der Waals surface area contributed by atoms with Crippen molar-refractivity contribution in [1.82, 2.24) is 9.55 Å². The summed E-state index contributed by atoms with van der Waals surface area (Å²) in [5, 5.41) is 1.19. The number of methoxy groups -OCH3 is 1. The van der Waals surface area contributed by atoms with Gasteiger partial charge in [0.1, 0.15) is 11.6 Å². The van der Waals surface area contributed by atoms with Crippen molar-refractivity contribution >= 4 is 34.2 Å². The van der Waals surface area contributed by atoms with Crippen LogP contribution >= 0.6 is 11.6 Å². The Morgan fingerprint density at radius 3 is 2.75 bits per heavy atom. The lowest BCUT2D eigenvalue weighted by Crippen LogP contribution is -2.20. The van der Waals surface area contributed by atoms with Gasteiger partial charge in [-0.05, 0) is 54.0 Å². The van der Waals surface area contributed by atoms with Crippen LogP contribution in [0.3, 0.4) is 0 Å². The summed E-state index contributed by atoms with van der Waals surface area (Å²) in [6.45, 7) is 0.654. The fourth-order valence-electron chi connectivity index (χ4n) is 3.03. The second-order valence-corrected chi connectivity index (χ2v) is 6.18. The van der Waals surface area contributed by atoms with E-state index in [2.05, 4.69) is 11.1 Å². The van der Waals surface area contributed by atoms with Crippen LogP contribution in [0.2, 0.25) is 5.02 Å². The van der Waals surface area contributed by atoms with Crippen molar-refractivity contribution in [3.63, 3.8) is 0 Å². The van der Waals surface area contributed by atoms with E-state index in [0.29, 0.717) is 22.5 Å². The predicted molar refractivity (Wildman–Crippen MR) is 96.5 cm³/mol. The smallest absolute Gasteiger partial charge is 0.261 e. The highest BCUT2D eigenvalue weighted by Gasteiger charge is 2.20. The molecule has 0 amide bonds.